The Labute approximate surface area is 82.0 Å². The molecule has 0 radical (unpaired) electrons. The first-order chi connectivity index (χ1) is 6.02. The number of rotatable bonds is 4. The van der Waals surface area contributed by atoms with Crippen LogP contribution in [-0.2, 0) is 14.3 Å². The standard InChI is InChI=1S/C9H11ClO3/c1-7(11)6-9(10)4-3-5-13-8(2)12/h3-4,6H,5H2,1-2H3/b4-3-,9-6+. The molecule has 0 spiro atoms. The zero-order valence-corrected chi connectivity index (χ0v) is 8.30. The lowest BCUT2D eigenvalue weighted by Crippen LogP contribution is -1.97. The maximum Gasteiger partial charge on any atom is 0.302 e. The van der Waals surface area contributed by atoms with Crippen molar-refractivity contribution >= 4 is 23.4 Å². The highest BCUT2D eigenvalue weighted by atomic mass is 35.5. The third kappa shape index (κ3) is 8.82. The fourth-order valence-corrected chi connectivity index (χ4v) is 0.811. The summed E-state index contributed by atoms with van der Waals surface area (Å²) in [5, 5.41) is 0.319. The molecule has 0 N–H and O–H groups in total. The summed E-state index contributed by atoms with van der Waals surface area (Å²) in [7, 11) is 0. The predicted octanol–water partition coefficient (Wildman–Crippen LogP) is 1.82. The highest BCUT2D eigenvalue weighted by molar-refractivity contribution is 6.32. The number of ether oxygens (including phenoxy) is 1. The van der Waals surface area contributed by atoms with Gasteiger partial charge in [-0.15, -0.1) is 0 Å². The number of esters is 1. The fraction of sp³-hybridized carbons (Fsp3) is 0.333. The van der Waals surface area contributed by atoms with Gasteiger partial charge in [-0.25, -0.2) is 0 Å². The molecule has 0 unspecified atom stereocenters. The van der Waals surface area contributed by atoms with Gasteiger partial charge in [0, 0.05) is 12.0 Å². The van der Waals surface area contributed by atoms with E-state index in [4.69, 9.17) is 11.6 Å². The molecule has 72 valence electrons. The first kappa shape index (κ1) is 11.9. The Morgan fingerprint density at radius 3 is 2.46 bits per heavy atom. The van der Waals surface area contributed by atoms with Crippen LogP contribution in [0.3, 0.4) is 0 Å². The lowest BCUT2D eigenvalue weighted by Gasteiger charge is -1.93. The summed E-state index contributed by atoms with van der Waals surface area (Å²) in [4.78, 5) is 20.8. The Hall–Kier alpha value is -1.09. The molecule has 0 bridgehead atoms. The molecular formula is C9H11ClO3. The van der Waals surface area contributed by atoms with Crippen molar-refractivity contribution in [1.82, 2.24) is 0 Å². The number of carbonyl (C=O) groups is 2. The zero-order chi connectivity index (χ0) is 10.3. The third-order valence-electron chi connectivity index (χ3n) is 1.00. The Bertz CT molecular complexity index is 254. The minimum absolute atomic E-state index is 0.123. The summed E-state index contributed by atoms with van der Waals surface area (Å²) in [6.45, 7) is 2.89. The van der Waals surface area contributed by atoms with Crippen LogP contribution >= 0.6 is 11.6 Å². The van der Waals surface area contributed by atoms with Crippen LogP contribution in [0.2, 0.25) is 0 Å². The van der Waals surface area contributed by atoms with Crippen LogP contribution in [-0.4, -0.2) is 18.4 Å². The number of halogens is 1. The summed E-state index contributed by atoms with van der Waals surface area (Å²) in [6.07, 6.45) is 4.35. The van der Waals surface area contributed by atoms with E-state index in [1.807, 2.05) is 0 Å². The maximum absolute atomic E-state index is 10.5. The molecule has 0 heterocycles. The molecule has 0 amide bonds. The summed E-state index contributed by atoms with van der Waals surface area (Å²) < 4.78 is 4.60. The van der Waals surface area contributed by atoms with E-state index in [0.717, 1.165) is 0 Å². The van der Waals surface area contributed by atoms with Crippen molar-refractivity contribution in [2.24, 2.45) is 0 Å². The second-order valence-corrected chi connectivity index (χ2v) is 2.78. The van der Waals surface area contributed by atoms with E-state index >= 15 is 0 Å². The summed E-state index contributed by atoms with van der Waals surface area (Å²) in [5.41, 5.74) is 0. The van der Waals surface area contributed by atoms with E-state index < -0.39 is 0 Å². The van der Waals surface area contributed by atoms with Gasteiger partial charge in [0.15, 0.2) is 5.78 Å². The molecule has 0 aromatic carbocycles. The van der Waals surface area contributed by atoms with E-state index in [1.165, 1.54) is 26.0 Å². The van der Waals surface area contributed by atoms with Crippen LogP contribution in [0.15, 0.2) is 23.3 Å². The van der Waals surface area contributed by atoms with E-state index in [1.54, 1.807) is 6.08 Å². The Balaban J connectivity index is 3.84. The monoisotopic (exact) mass is 202 g/mol. The second kappa shape index (κ2) is 6.43. The van der Waals surface area contributed by atoms with Gasteiger partial charge in [-0.1, -0.05) is 11.6 Å². The van der Waals surface area contributed by atoms with Gasteiger partial charge in [-0.3, -0.25) is 9.59 Å². The summed E-state index contributed by atoms with van der Waals surface area (Å²) in [5.74, 6) is -0.474. The Morgan fingerprint density at radius 1 is 1.38 bits per heavy atom. The molecule has 0 saturated carbocycles. The molecule has 0 atom stereocenters. The van der Waals surface area contributed by atoms with Crippen LogP contribution in [0.25, 0.3) is 0 Å². The lowest BCUT2D eigenvalue weighted by atomic mass is 10.3. The van der Waals surface area contributed by atoms with Crippen molar-refractivity contribution in [3.8, 4) is 0 Å². The van der Waals surface area contributed by atoms with Gasteiger partial charge in [0.05, 0.1) is 0 Å². The minimum atomic E-state index is -0.351. The molecule has 0 rings (SSSR count). The van der Waals surface area contributed by atoms with Crippen LogP contribution in [0, 0.1) is 0 Å². The predicted molar refractivity (Wildman–Crippen MR) is 50.4 cm³/mol. The SMILES string of the molecule is CC(=O)/C=C(Cl)\C=C/COC(C)=O. The molecule has 0 aliphatic rings. The van der Waals surface area contributed by atoms with Crippen molar-refractivity contribution in [2.75, 3.05) is 6.61 Å². The number of hydrogen-bond donors (Lipinski definition) is 0. The zero-order valence-electron chi connectivity index (χ0n) is 7.54. The first-order valence-corrected chi connectivity index (χ1v) is 4.08. The Kier molecular flexibility index (Phi) is 5.89. The van der Waals surface area contributed by atoms with Gasteiger partial charge in [-0.05, 0) is 25.2 Å². The minimum Gasteiger partial charge on any atom is -0.462 e. The van der Waals surface area contributed by atoms with Gasteiger partial charge in [0.25, 0.3) is 0 Å². The molecular weight excluding hydrogens is 192 g/mol. The van der Waals surface area contributed by atoms with Gasteiger partial charge in [0.1, 0.15) is 6.61 Å². The van der Waals surface area contributed by atoms with Crippen molar-refractivity contribution in [3.05, 3.63) is 23.3 Å². The maximum atomic E-state index is 10.5. The van der Waals surface area contributed by atoms with Crippen LogP contribution in [0.5, 0.6) is 0 Å². The third-order valence-corrected chi connectivity index (χ3v) is 1.24. The highest BCUT2D eigenvalue weighted by Crippen LogP contribution is 2.02. The van der Waals surface area contributed by atoms with Crippen molar-refractivity contribution in [2.45, 2.75) is 13.8 Å². The lowest BCUT2D eigenvalue weighted by molar-refractivity contribution is -0.139. The van der Waals surface area contributed by atoms with E-state index in [2.05, 4.69) is 4.74 Å². The molecule has 0 aromatic rings. The molecule has 0 fully saturated rings. The van der Waals surface area contributed by atoms with Gasteiger partial charge in [0.2, 0.25) is 0 Å². The van der Waals surface area contributed by atoms with Crippen LogP contribution < -0.4 is 0 Å². The Morgan fingerprint density at radius 2 is 2.00 bits per heavy atom. The molecule has 0 aliphatic heterocycles. The second-order valence-electron chi connectivity index (χ2n) is 2.34. The van der Waals surface area contributed by atoms with Crippen molar-refractivity contribution in [3.63, 3.8) is 0 Å². The number of ketones is 1. The van der Waals surface area contributed by atoms with Gasteiger partial charge >= 0.3 is 5.97 Å². The molecule has 0 aliphatic carbocycles. The van der Waals surface area contributed by atoms with Gasteiger partial charge < -0.3 is 4.74 Å². The molecule has 13 heavy (non-hydrogen) atoms. The molecule has 0 saturated heterocycles. The molecule has 4 heteroatoms. The molecule has 0 aromatic heterocycles. The van der Waals surface area contributed by atoms with Crippen LogP contribution in [0.1, 0.15) is 13.8 Å². The van der Waals surface area contributed by atoms with Gasteiger partial charge in [-0.2, -0.15) is 0 Å². The number of hydrogen-bond acceptors (Lipinski definition) is 3. The van der Waals surface area contributed by atoms with E-state index in [9.17, 15) is 9.59 Å². The average molecular weight is 203 g/mol. The highest BCUT2D eigenvalue weighted by Gasteiger charge is 1.90. The normalized spacial score (nSPS) is 11.8. The topological polar surface area (TPSA) is 43.4 Å². The summed E-state index contributed by atoms with van der Waals surface area (Å²) >= 11 is 5.60. The fourth-order valence-electron chi connectivity index (χ4n) is 0.568. The van der Waals surface area contributed by atoms with E-state index in [0.29, 0.717) is 5.03 Å². The molecule has 3 nitrogen and oxygen atoms in total. The van der Waals surface area contributed by atoms with E-state index in [-0.39, 0.29) is 18.4 Å². The average Bonchev–Trinajstić information content (AvgIpc) is 1.96. The summed E-state index contributed by atoms with van der Waals surface area (Å²) in [6, 6.07) is 0. The van der Waals surface area contributed by atoms with Crippen LogP contribution in [0.4, 0.5) is 0 Å². The number of allylic oxidation sites excluding steroid dienone is 3. The van der Waals surface area contributed by atoms with Crippen molar-refractivity contribution in [1.29, 1.82) is 0 Å². The van der Waals surface area contributed by atoms with Crippen molar-refractivity contribution < 1.29 is 14.3 Å². The first-order valence-electron chi connectivity index (χ1n) is 3.70. The quantitative estimate of drug-likeness (QED) is 0.397. The largest absolute Gasteiger partial charge is 0.462 e. The smallest absolute Gasteiger partial charge is 0.302 e. The number of carbonyl (C=O) groups excluding carboxylic acids is 2.